The summed E-state index contributed by atoms with van der Waals surface area (Å²) in [4.78, 5) is 13.8. The van der Waals surface area contributed by atoms with E-state index in [2.05, 4.69) is 0 Å². The molecule has 1 heterocycles. The number of halogens is 1. The highest BCUT2D eigenvalue weighted by molar-refractivity contribution is 5.94. The van der Waals surface area contributed by atoms with E-state index in [9.17, 15) is 9.18 Å². The van der Waals surface area contributed by atoms with E-state index in [0.717, 1.165) is 11.1 Å². The topological polar surface area (TPSA) is 20.3 Å². The van der Waals surface area contributed by atoms with E-state index in [1.807, 2.05) is 54.6 Å². The first-order valence-electron chi connectivity index (χ1n) is 6.83. The van der Waals surface area contributed by atoms with E-state index in [-0.39, 0.29) is 12.5 Å². The molecule has 1 saturated heterocycles. The van der Waals surface area contributed by atoms with Crippen molar-refractivity contribution in [3.63, 3.8) is 0 Å². The summed E-state index contributed by atoms with van der Waals surface area (Å²) in [5.74, 6) is -0.0789. The van der Waals surface area contributed by atoms with Crippen LogP contribution in [0.25, 0.3) is 11.1 Å². The van der Waals surface area contributed by atoms with Crippen LogP contribution in [-0.2, 0) is 0 Å². The fourth-order valence-electron chi connectivity index (χ4n) is 2.52. The number of carbonyl (C=O) groups excluding carboxylic acids is 1. The van der Waals surface area contributed by atoms with Crippen LogP contribution >= 0.6 is 0 Å². The number of nitrogens with zero attached hydrogens (tertiary/aromatic N) is 1. The minimum Gasteiger partial charge on any atom is -0.336 e. The zero-order chi connectivity index (χ0) is 13.9. The van der Waals surface area contributed by atoms with Crippen molar-refractivity contribution in [3.05, 3.63) is 60.2 Å². The molecule has 1 unspecified atom stereocenters. The Hall–Kier alpha value is -2.16. The van der Waals surface area contributed by atoms with Crippen molar-refractivity contribution in [2.75, 3.05) is 13.1 Å². The third-order valence-corrected chi connectivity index (χ3v) is 3.66. The molecule has 2 aromatic carbocycles. The number of carbonyl (C=O) groups is 1. The summed E-state index contributed by atoms with van der Waals surface area (Å²) in [6, 6.07) is 17.5. The Labute approximate surface area is 117 Å². The normalized spacial score (nSPS) is 18.2. The van der Waals surface area contributed by atoms with Gasteiger partial charge in [-0.3, -0.25) is 4.79 Å². The summed E-state index contributed by atoms with van der Waals surface area (Å²) >= 11 is 0. The summed E-state index contributed by atoms with van der Waals surface area (Å²) in [7, 11) is 0. The van der Waals surface area contributed by atoms with Gasteiger partial charge in [0.15, 0.2) is 0 Å². The van der Waals surface area contributed by atoms with Gasteiger partial charge >= 0.3 is 0 Å². The number of likely N-dealkylation sites (tertiary alicyclic amines) is 1. The van der Waals surface area contributed by atoms with Crippen LogP contribution in [0.1, 0.15) is 16.8 Å². The van der Waals surface area contributed by atoms with Gasteiger partial charge in [-0.25, -0.2) is 4.39 Å². The van der Waals surface area contributed by atoms with Gasteiger partial charge in [-0.1, -0.05) is 42.5 Å². The van der Waals surface area contributed by atoms with Crippen LogP contribution < -0.4 is 0 Å². The second-order valence-corrected chi connectivity index (χ2v) is 5.08. The highest BCUT2D eigenvalue weighted by Crippen LogP contribution is 2.21. The lowest BCUT2D eigenvalue weighted by molar-refractivity contribution is 0.0783. The lowest BCUT2D eigenvalue weighted by Gasteiger charge is -2.15. The van der Waals surface area contributed by atoms with Crippen LogP contribution in [0.5, 0.6) is 0 Å². The minimum atomic E-state index is -0.873. The van der Waals surface area contributed by atoms with Crippen LogP contribution in [0.4, 0.5) is 4.39 Å². The molecule has 1 fully saturated rings. The van der Waals surface area contributed by atoms with Gasteiger partial charge in [0.1, 0.15) is 6.17 Å². The summed E-state index contributed by atoms with van der Waals surface area (Å²) in [5.41, 5.74) is 2.82. The smallest absolute Gasteiger partial charge is 0.253 e. The van der Waals surface area contributed by atoms with Gasteiger partial charge in [0.05, 0.1) is 6.54 Å². The van der Waals surface area contributed by atoms with E-state index in [1.165, 1.54) is 0 Å². The molecule has 3 heteroatoms. The Morgan fingerprint density at radius 2 is 1.65 bits per heavy atom. The first-order valence-corrected chi connectivity index (χ1v) is 6.83. The number of alkyl halides is 1. The zero-order valence-corrected chi connectivity index (χ0v) is 11.1. The molecule has 0 spiro atoms. The van der Waals surface area contributed by atoms with Gasteiger partial charge < -0.3 is 4.90 Å². The van der Waals surface area contributed by atoms with E-state index < -0.39 is 6.17 Å². The molecule has 2 aromatic rings. The first kappa shape index (κ1) is 12.9. The van der Waals surface area contributed by atoms with Crippen molar-refractivity contribution in [1.29, 1.82) is 0 Å². The summed E-state index contributed by atoms with van der Waals surface area (Å²) in [6.45, 7) is 0.736. The van der Waals surface area contributed by atoms with E-state index in [0.29, 0.717) is 18.5 Å². The molecule has 0 saturated carbocycles. The standard InChI is InChI=1S/C17H16FNO/c18-16-10-11-19(12-16)17(20)15-8-6-14(7-9-15)13-4-2-1-3-5-13/h1-9,16H,10-12H2. The Balaban J connectivity index is 1.78. The average Bonchev–Trinajstić information content (AvgIpc) is 2.94. The predicted molar refractivity (Wildman–Crippen MR) is 77.3 cm³/mol. The molecular formula is C17H16FNO. The lowest BCUT2D eigenvalue weighted by Crippen LogP contribution is -2.28. The lowest BCUT2D eigenvalue weighted by atomic mass is 10.0. The quantitative estimate of drug-likeness (QED) is 0.816. The van der Waals surface area contributed by atoms with Crippen molar-refractivity contribution in [1.82, 2.24) is 4.90 Å². The molecule has 20 heavy (non-hydrogen) atoms. The van der Waals surface area contributed by atoms with Crippen LogP contribution in [0.2, 0.25) is 0 Å². The molecule has 2 nitrogen and oxygen atoms in total. The predicted octanol–water partition coefficient (Wildman–Crippen LogP) is 3.54. The van der Waals surface area contributed by atoms with Gasteiger partial charge in [-0.05, 0) is 29.7 Å². The number of amides is 1. The second-order valence-electron chi connectivity index (χ2n) is 5.08. The summed E-state index contributed by atoms with van der Waals surface area (Å²) in [5, 5.41) is 0. The number of hydrogen-bond acceptors (Lipinski definition) is 1. The van der Waals surface area contributed by atoms with Crippen molar-refractivity contribution in [2.45, 2.75) is 12.6 Å². The molecule has 0 aromatic heterocycles. The first-order chi connectivity index (χ1) is 9.74. The van der Waals surface area contributed by atoms with Gasteiger partial charge in [-0.15, -0.1) is 0 Å². The molecule has 3 rings (SSSR count). The van der Waals surface area contributed by atoms with Gasteiger partial charge in [0.2, 0.25) is 0 Å². The highest BCUT2D eigenvalue weighted by atomic mass is 19.1. The van der Waals surface area contributed by atoms with Gasteiger partial charge in [0.25, 0.3) is 5.91 Å². The molecule has 102 valence electrons. The average molecular weight is 269 g/mol. The third kappa shape index (κ3) is 2.57. The maximum atomic E-state index is 13.1. The van der Waals surface area contributed by atoms with Crippen LogP contribution in [0.15, 0.2) is 54.6 Å². The van der Waals surface area contributed by atoms with Gasteiger partial charge in [-0.2, -0.15) is 0 Å². The van der Waals surface area contributed by atoms with E-state index in [1.54, 1.807) is 4.90 Å². The maximum absolute atomic E-state index is 13.1. The molecular weight excluding hydrogens is 253 g/mol. The van der Waals surface area contributed by atoms with Crippen LogP contribution in [0.3, 0.4) is 0 Å². The van der Waals surface area contributed by atoms with Crippen molar-refractivity contribution in [3.8, 4) is 11.1 Å². The Morgan fingerprint density at radius 3 is 2.25 bits per heavy atom. The maximum Gasteiger partial charge on any atom is 0.253 e. The molecule has 0 N–H and O–H groups in total. The third-order valence-electron chi connectivity index (χ3n) is 3.66. The van der Waals surface area contributed by atoms with Crippen molar-refractivity contribution in [2.24, 2.45) is 0 Å². The molecule has 0 aliphatic carbocycles. The molecule has 1 aliphatic heterocycles. The van der Waals surface area contributed by atoms with Crippen molar-refractivity contribution < 1.29 is 9.18 Å². The fraction of sp³-hybridized carbons (Fsp3) is 0.235. The second kappa shape index (κ2) is 5.45. The highest BCUT2D eigenvalue weighted by Gasteiger charge is 2.26. The number of hydrogen-bond donors (Lipinski definition) is 0. The summed E-state index contributed by atoms with van der Waals surface area (Å²) < 4.78 is 13.1. The summed E-state index contributed by atoms with van der Waals surface area (Å²) in [6.07, 6.45) is -0.420. The minimum absolute atomic E-state index is 0.0789. The molecule has 0 radical (unpaired) electrons. The molecule has 1 atom stereocenters. The van der Waals surface area contributed by atoms with Crippen molar-refractivity contribution >= 4 is 5.91 Å². The molecule has 1 amide bonds. The monoisotopic (exact) mass is 269 g/mol. The Morgan fingerprint density at radius 1 is 1.00 bits per heavy atom. The largest absolute Gasteiger partial charge is 0.336 e. The zero-order valence-electron chi connectivity index (χ0n) is 11.1. The number of benzene rings is 2. The van der Waals surface area contributed by atoms with E-state index >= 15 is 0 Å². The van der Waals surface area contributed by atoms with Crippen LogP contribution in [-0.4, -0.2) is 30.1 Å². The number of rotatable bonds is 2. The van der Waals surface area contributed by atoms with Gasteiger partial charge in [0, 0.05) is 12.1 Å². The fourth-order valence-corrected chi connectivity index (χ4v) is 2.52. The molecule has 1 aliphatic rings. The molecule has 0 bridgehead atoms. The SMILES string of the molecule is O=C(c1ccc(-c2ccccc2)cc1)N1CCC(F)C1. The Bertz CT molecular complexity index is 594. The van der Waals surface area contributed by atoms with E-state index in [4.69, 9.17) is 0 Å². The Kier molecular flexibility index (Phi) is 3.50. The van der Waals surface area contributed by atoms with Crippen LogP contribution in [0, 0.1) is 0 Å².